The van der Waals surface area contributed by atoms with Gasteiger partial charge in [-0.2, -0.15) is 0 Å². The van der Waals surface area contributed by atoms with Gasteiger partial charge in [0, 0.05) is 23.9 Å². The molecule has 0 radical (unpaired) electrons. The number of carbonyl (C=O) groups is 1. The lowest BCUT2D eigenvalue weighted by Crippen LogP contribution is -2.23. The Morgan fingerprint density at radius 1 is 1.00 bits per heavy atom. The van der Waals surface area contributed by atoms with Crippen LogP contribution >= 0.6 is 0 Å². The summed E-state index contributed by atoms with van der Waals surface area (Å²) >= 11 is 0. The van der Waals surface area contributed by atoms with E-state index in [1.54, 1.807) is 42.6 Å². The van der Waals surface area contributed by atoms with Gasteiger partial charge in [0.2, 0.25) is 0 Å². The van der Waals surface area contributed by atoms with Gasteiger partial charge < -0.3 is 16.1 Å². The fourth-order valence-corrected chi connectivity index (χ4v) is 2.27. The monoisotopic (exact) mass is 338 g/mol. The predicted octanol–water partition coefficient (Wildman–Crippen LogP) is 2.46. The summed E-state index contributed by atoms with van der Waals surface area (Å²) in [4.78, 5) is 29.7. The summed E-state index contributed by atoms with van der Waals surface area (Å²) in [5, 5.41) is 21.9. The van der Waals surface area contributed by atoms with E-state index < -0.39 is 10.9 Å². The van der Waals surface area contributed by atoms with E-state index in [1.807, 2.05) is 0 Å². The molecule has 0 aliphatic rings. The van der Waals surface area contributed by atoms with Crippen LogP contribution in [0.1, 0.15) is 10.5 Å². The first-order valence-corrected chi connectivity index (χ1v) is 6.95. The number of aromatic carboxylic acids is 1. The lowest BCUT2D eigenvalue weighted by molar-refractivity contribution is -0.384. The fraction of sp³-hybridized carbons (Fsp3) is 0. The predicted molar refractivity (Wildman–Crippen MR) is 89.9 cm³/mol. The Kier molecular flexibility index (Phi) is 5.15. The van der Waals surface area contributed by atoms with E-state index in [0.29, 0.717) is 22.5 Å². The molecular weight excluding hydrogens is 324 g/mol. The molecule has 0 bridgehead atoms. The van der Waals surface area contributed by atoms with Gasteiger partial charge in [-0.25, -0.2) is 4.98 Å². The molecule has 3 rings (SSSR count). The number of carboxylic acids is 1. The number of nitrogens with zero attached hydrogens (tertiary/aromatic N) is 3. The van der Waals surface area contributed by atoms with Crippen molar-refractivity contribution in [2.75, 3.05) is 0 Å². The molecule has 1 aromatic carbocycles. The number of rotatable bonds is 4. The Bertz CT molecular complexity index is 912. The number of hydrogen-bond donors (Lipinski definition) is 1. The molecule has 4 N–H and O–H groups in total. The number of pyridine rings is 2. The molecule has 0 saturated carbocycles. The number of hydrogen-bond acceptors (Lipinski definition) is 6. The Hall–Kier alpha value is -3.65. The molecule has 126 valence electrons. The van der Waals surface area contributed by atoms with Crippen molar-refractivity contribution < 1.29 is 14.8 Å². The maximum atomic E-state index is 11.1. The third-order valence-electron chi connectivity index (χ3n) is 3.40. The molecule has 2 aromatic heterocycles. The summed E-state index contributed by atoms with van der Waals surface area (Å²) in [6.07, 6.45) is 1.57. The molecule has 8 nitrogen and oxygen atoms in total. The zero-order valence-corrected chi connectivity index (χ0v) is 13.2. The third kappa shape index (κ3) is 3.65. The molecule has 0 aliphatic heterocycles. The second-order valence-electron chi connectivity index (χ2n) is 4.90. The van der Waals surface area contributed by atoms with E-state index in [-0.39, 0.29) is 17.5 Å². The van der Waals surface area contributed by atoms with Gasteiger partial charge in [0.25, 0.3) is 5.69 Å². The highest BCUT2D eigenvalue weighted by Crippen LogP contribution is 2.30. The first kappa shape index (κ1) is 17.7. The molecule has 0 spiro atoms. The zero-order valence-electron chi connectivity index (χ0n) is 13.2. The summed E-state index contributed by atoms with van der Waals surface area (Å²) in [7, 11) is 0. The summed E-state index contributed by atoms with van der Waals surface area (Å²) < 4.78 is 0. The van der Waals surface area contributed by atoms with Crippen LogP contribution in [-0.4, -0.2) is 20.9 Å². The van der Waals surface area contributed by atoms with Crippen molar-refractivity contribution in [3.05, 3.63) is 76.6 Å². The second kappa shape index (κ2) is 7.28. The van der Waals surface area contributed by atoms with Gasteiger partial charge >= 0.3 is 0 Å². The quantitative estimate of drug-likeness (QED) is 0.571. The number of carboxylic acid groups (broad SMARTS) is 1. The molecule has 0 amide bonds. The van der Waals surface area contributed by atoms with Crippen molar-refractivity contribution >= 4 is 11.7 Å². The van der Waals surface area contributed by atoms with Gasteiger partial charge in [-0.05, 0) is 42.0 Å². The number of quaternary nitrogens is 1. The summed E-state index contributed by atoms with van der Waals surface area (Å²) in [5.41, 5.74) is 1.91. The van der Waals surface area contributed by atoms with Gasteiger partial charge in [-0.3, -0.25) is 15.1 Å². The van der Waals surface area contributed by atoms with Crippen LogP contribution in [0.3, 0.4) is 0 Å². The first-order chi connectivity index (χ1) is 11.6. The third-order valence-corrected chi connectivity index (χ3v) is 3.40. The average Bonchev–Trinajstić information content (AvgIpc) is 2.62. The lowest BCUT2D eigenvalue weighted by atomic mass is 10.0. The van der Waals surface area contributed by atoms with Crippen molar-refractivity contribution in [1.82, 2.24) is 16.1 Å². The minimum absolute atomic E-state index is 0. The van der Waals surface area contributed by atoms with Crippen LogP contribution in [0.25, 0.3) is 22.5 Å². The SMILES string of the molecule is O=C([O-])c1ccc(-c2ccc([N+](=O)[O-])cc2)c(-c2ccccn2)n1.[NH4+]. The van der Waals surface area contributed by atoms with E-state index in [0.717, 1.165) is 0 Å². The van der Waals surface area contributed by atoms with Crippen molar-refractivity contribution in [3.63, 3.8) is 0 Å². The highest BCUT2D eigenvalue weighted by atomic mass is 16.6. The number of nitro benzene ring substituents is 1. The van der Waals surface area contributed by atoms with Crippen molar-refractivity contribution in [3.8, 4) is 22.5 Å². The van der Waals surface area contributed by atoms with Crippen LogP contribution in [0, 0.1) is 10.1 Å². The Labute approximate surface area is 142 Å². The first-order valence-electron chi connectivity index (χ1n) is 6.95. The maximum absolute atomic E-state index is 11.1. The van der Waals surface area contributed by atoms with Crippen LogP contribution in [0.4, 0.5) is 5.69 Å². The minimum atomic E-state index is -1.39. The summed E-state index contributed by atoms with van der Waals surface area (Å²) in [5.74, 6) is -1.39. The normalized spacial score (nSPS) is 9.92. The van der Waals surface area contributed by atoms with Crippen LogP contribution in [-0.2, 0) is 0 Å². The van der Waals surface area contributed by atoms with Crippen molar-refractivity contribution in [2.24, 2.45) is 0 Å². The molecule has 3 aromatic rings. The number of carbonyl (C=O) groups excluding carboxylic acids is 1. The molecule has 0 saturated heterocycles. The van der Waals surface area contributed by atoms with E-state index in [1.165, 1.54) is 18.2 Å². The number of aromatic nitrogens is 2. The molecular formula is C17H14N4O4. The van der Waals surface area contributed by atoms with Gasteiger partial charge in [0.1, 0.15) is 0 Å². The Morgan fingerprint density at radius 3 is 2.28 bits per heavy atom. The molecule has 0 atom stereocenters. The van der Waals surface area contributed by atoms with Crippen molar-refractivity contribution in [1.29, 1.82) is 0 Å². The molecule has 0 aliphatic carbocycles. The smallest absolute Gasteiger partial charge is 0.269 e. The van der Waals surface area contributed by atoms with E-state index in [4.69, 9.17) is 0 Å². The lowest BCUT2D eigenvalue weighted by Gasteiger charge is -2.11. The van der Waals surface area contributed by atoms with E-state index in [9.17, 15) is 20.0 Å². The van der Waals surface area contributed by atoms with Crippen molar-refractivity contribution in [2.45, 2.75) is 0 Å². The average molecular weight is 338 g/mol. The van der Waals surface area contributed by atoms with Crippen LogP contribution in [0.5, 0.6) is 0 Å². The highest BCUT2D eigenvalue weighted by Gasteiger charge is 2.13. The Balaban J connectivity index is 0.00000225. The Morgan fingerprint density at radius 2 is 1.72 bits per heavy atom. The highest BCUT2D eigenvalue weighted by molar-refractivity contribution is 5.87. The summed E-state index contributed by atoms with van der Waals surface area (Å²) in [6, 6.07) is 14.0. The summed E-state index contributed by atoms with van der Waals surface area (Å²) in [6.45, 7) is 0. The molecule has 2 heterocycles. The standard InChI is InChI=1S/C17H11N3O4.H3N/c21-17(22)15-9-8-13(11-4-6-12(7-5-11)20(23)24)16(19-15)14-3-1-2-10-18-14;/h1-10H,(H,21,22);1H3. The van der Waals surface area contributed by atoms with Crippen LogP contribution in [0.15, 0.2) is 60.8 Å². The molecule has 25 heavy (non-hydrogen) atoms. The van der Waals surface area contributed by atoms with Gasteiger partial charge in [0.15, 0.2) is 0 Å². The fourth-order valence-electron chi connectivity index (χ4n) is 2.27. The number of nitro groups is 1. The molecule has 0 fully saturated rings. The second-order valence-corrected chi connectivity index (χ2v) is 4.90. The largest absolute Gasteiger partial charge is 0.543 e. The molecule has 0 unspecified atom stereocenters. The van der Waals surface area contributed by atoms with E-state index >= 15 is 0 Å². The molecule has 8 heteroatoms. The van der Waals surface area contributed by atoms with Gasteiger partial charge in [-0.15, -0.1) is 0 Å². The van der Waals surface area contributed by atoms with Gasteiger partial charge in [-0.1, -0.05) is 6.07 Å². The zero-order chi connectivity index (χ0) is 17.1. The van der Waals surface area contributed by atoms with Crippen LogP contribution in [0.2, 0.25) is 0 Å². The maximum Gasteiger partial charge on any atom is 0.269 e. The number of non-ortho nitro benzene ring substituents is 1. The van der Waals surface area contributed by atoms with E-state index in [2.05, 4.69) is 9.97 Å². The van der Waals surface area contributed by atoms with Crippen LogP contribution < -0.4 is 11.3 Å². The minimum Gasteiger partial charge on any atom is -0.543 e. The number of benzene rings is 1. The topological polar surface area (TPSA) is 146 Å². The van der Waals surface area contributed by atoms with Gasteiger partial charge in [0.05, 0.1) is 28.0 Å².